The quantitative estimate of drug-likeness (QED) is 0.519. The molecule has 0 saturated carbocycles. The number of benzene rings is 2. The molecule has 3 rings (SSSR count). The Bertz CT molecular complexity index is 976. The molecule has 2 aromatic carbocycles. The van der Waals surface area contributed by atoms with Gasteiger partial charge in [0, 0.05) is 31.5 Å². The summed E-state index contributed by atoms with van der Waals surface area (Å²) in [7, 11) is 1.68. The minimum absolute atomic E-state index is 0.0803. The molecule has 0 spiro atoms. The highest BCUT2D eigenvalue weighted by molar-refractivity contribution is 6.30. The van der Waals surface area contributed by atoms with Crippen molar-refractivity contribution in [1.29, 1.82) is 0 Å². The highest BCUT2D eigenvalue weighted by atomic mass is 35.5. The van der Waals surface area contributed by atoms with Gasteiger partial charge >= 0.3 is 5.97 Å². The van der Waals surface area contributed by atoms with E-state index in [1.165, 1.54) is 0 Å². The van der Waals surface area contributed by atoms with Gasteiger partial charge in [-0.05, 0) is 36.1 Å². The molecule has 0 radical (unpaired) electrons. The molecule has 174 valence electrons. The van der Waals surface area contributed by atoms with E-state index >= 15 is 0 Å². The van der Waals surface area contributed by atoms with Gasteiger partial charge in [-0.15, -0.1) is 0 Å². The largest absolute Gasteiger partial charge is 0.456 e. The van der Waals surface area contributed by atoms with Crippen molar-refractivity contribution in [3.63, 3.8) is 0 Å². The van der Waals surface area contributed by atoms with Crippen LogP contribution in [0.1, 0.15) is 42.9 Å². The molecule has 1 aliphatic rings. The summed E-state index contributed by atoms with van der Waals surface area (Å²) in [5.74, 6) is -1.14. The van der Waals surface area contributed by atoms with E-state index < -0.39 is 12.0 Å². The number of amides is 2. The summed E-state index contributed by atoms with van der Waals surface area (Å²) in [5, 5.41) is 3.52. The van der Waals surface area contributed by atoms with Crippen molar-refractivity contribution in [3.05, 3.63) is 82.9 Å². The third kappa shape index (κ3) is 7.75. The highest BCUT2D eigenvalue weighted by Crippen LogP contribution is 2.23. The van der Waals surface area contributed by atoms with E-state index in [0.717, 1.165) is 11.1 Å². The number of rotatable bonds is 5. The Morgan fingerprint density at radius 1 is 1.09 bits per heavy atom. The summed E-state index contributed by atoms with van der Waals surface area (Å²) in [6, 6.07) is 16.6. The van der Waals surface area contributed by atoms with Crippen molar-refractivity contribution < 1.29 is 19.1 Å². The number of nitrogens with one attached hydrogen (secondary N) is 1. The van der Waals surface area contributed by atoms with E-state index in [1.54, 1.807) is 24.1 Å². The summed E-state index contributed by atoms with van der Waals surface area (Å²) >= 11 is 5.90. The number of hydrogen-bond donors (Lipinski definition) is 1. The summed E-state index contributed by atoms with van der Waals surface area (Å²) in [5.41, 5.74) is 1.76. The maximum absolute atomic E-state index is 13.2. The number of ether oxygens (including phenoxy) is 1. The van der Waals surface area contributed by atoms with Gasteiger partial charge in [-0.2, -0.15) is 0 Å². The zero-order valence-electron chi connectivity index (χ0n) is 18.7. The molecule has 0 bridgehead atoms. The predicted molar refractivity (Wildman–Crippen MR) is 127 cm³/mol. The fourth-order valence-electron chi connectivity index (χ4n) is 3.70. The molecule has 2 aromatic rings. The number of cyclic esters (lactones) is 1. The minimum Gasteiger partial charge on any atom is -0.456 e. The summed E-state index contributed by atoms with van der Waals surface area (Å²) in [6.07, 6.45) is 4.48. The number of esters is 1. The number of hydrogen-bond acceptors (Lipinski definition) is 4. The van der Waals surface area contributed by atoms with Crippen LogP contribution in [0, 0.1) is 5.92 Å². The molecule has 2 atom stereocenters. The lowest BCUT2D eigenvalue weighted by atomic mass is 9.97. The monoisotopic (exact) mass is 468 g/mol. The van der Waals surface area contributed by atoms with Gasteiger partial charge in [-0.25, -0.2) is 0 Å². The van der Waals surface area contributed by atoms with Crippen LogP contribution in [0.3, 0.4) is 0 Å². The van der Waals surface area contributed by atoms with E-state index in [1.807, 2.05) is 54.6 Å². The van der Waals surface area contributed by atoms with Crippen LogP contribution in [-0.4, -0.2) is 36.3 Å². The van der Waals surface area contributed by atoms with Gasteiger partial charge in [0.1, 0.15) is 6.10 Å². The molecule has 7 heteroatoms. The summed E-state index contributed by atoms with van der Waals surface area (Å²) < 4.78 is 5.68. The van der Waals surface area contributed by atoms with Gasteiger partial charge in [0.2, 0.25) is 11.8 Å². The molecule has 2 amide bonds. The zero-order chi connectivity index (χ0) is 23.6. The molecule has 0 aromatic heterocycles. The predicted octanol–water partition coefficient (Wildman–Crippen LogP) is 4.45. The Hall–Kier alpha value is -3.12. The van der Waals surface area contributed by atoms with E-state index in [-0.39, 0.29) is 37.2 Å². The molecule has 0 unspecified atom stereocenters. The third-order valence-corrected chi connectivity index (χ3v) is 5.80. The van der Waals surface area contributed by atoms with E-state index in [4.69, 9.17) is 16.3 Å². The average molecular weight is 469 g/mol. The van der Waals surface area contributed by atoms with E-state index in [0.29, 0.717) is 24.4 Å². The van der Waals surface area contributed by atoms with Gasteiger partial charge < -0.3 is 15.0 Å². The van der Waals surface area contributed by atoms with Crippen LogP contribution in [0.25, 0.3) is 0 Å². The normalized spacial score (nSPS) is 20.8. The second-order valence-corrected chi connectivity index (χ2v) is 8.59. The molecule has 0 fully saturated rings. The third-order valence-electron chi connectivity index (χ3n) is 5.55. The van der Waals surface area contributed by atoms with Gasteiger partial charge in [0.25, 0.3) is 0 Å². The Balaban J connectivity index is 1.68. The molecule has 33 heavy (non-hydrogen) atoms. The number of allylic oxidation sites excluding steroid dienone is 2. The van der Waals surface area contributed by atoms with Crippen molar-refractivity contribution in [1.82, 2.24) is 10.2 Å². The standard InChI is InChI=1S/C26H29ClN2O4/c1-29-18-23(20-8-4-2-5-9-20)33-25(31)11-7-3-6-10-21(26(29)32)16-24(30)28-17-19-12-14-22(27)15-13-19/h2-6,8-9,12-15,21,23H,7,10-11,16-18H2,1H3,(H,28,30)/b6-3-/t21-,23-/m0/s1. The van der Waals surface area contributed by atoms with Crippen LogP contribution in [0.4, 0.5) is 0 Å². The van der Waals surface area contributed by atoms with Crippen LogP contribution < -0.4 is 5.32 Å². The van der Waals surface area contributed by atoms with Crippen LogP contribution in [0.5, 0.6) is 0 Å². The van der Waals surface area contributed by atoms with Crippen LogP contribution >= 0.6 is 11.6 Å². The maximum atomic E-state index is 13.2. The lowest BCUT2D eigenvalue weighted by Crippen LogP contribution is -2.39. The van der Waals surface area contributed by atoms with Crippen LogP contribution in [0.2, 0.25) is 5.02 Å². The van der Waals surface area contributed by atoms with Crippen LogP contribution in [-0.2, 0) is 25.7 Å². The fourth-order valence-corrected chi connectivity index (χ4v) is 3.82. The second kappa shape index (κ2) is 12.2. The second-order valence-electron chi connectivity index (χ2n) is 8.16. The molecule has 6 nitrogen and oxygen atoms in total. The Morgan fingerprint density at radius 3 is 2.55 bits per heavy atom. The Morgan fingerprint density at radius 2 is 1.82 bits per heavy atom. The first-order valence-electron chi connectivity index (χ1n) is 11.1. The SMILES string of the molecule is CN1C[C@@H](c2ccccc2)OC(=O)CC/C=C\C[C@@H](CC(=O)NCc2ccc(Cl)cc2)C1=O. The van der Waals surface area contributed by atoms with Crippen molar-refractivity contribution in [2.75, 3.05) is 13.6 Å². The van der Waals surface area contributed by atoms with Crippen molar-refractivity contribution in [2.45, 2.75) is 38.3 Å². The van der Waals surface area contributed by atoms with E-state index in [9.17, 15) is 14.4 Å². The number of nitrogens with zero attached hydrogens (tertiary/aromatic N) is 1. The van der Waals surface area contributed by atoms with Gasteiger partial charge in [-0.3, -0.25) is 14.4 Å². The van der Waals surface area contributed by atoms with Crippen LogP contribution in [0.15, 0.2) is 66.7 Å². The van der Waals surface area contributed by atoms with E-state index in [2.05, 4.69) is 5.32 Å². The maximum Gasteiger partial charge on any atom is 0.306 e. The molecular formula is C26H29ClN2O4. The van der Waals surface area contributed by atoms with Gasteiger partial charge in [-0.1, -0.05) is 66.2 Å². The first-order chi connectivity index (χ1) is 15.9. The number of likely N-dealkylation sites (N-methyl/N-ethyl adjacent to an activating group) is 1. The smallest absolute Gasteiger partial charge is 0.306 e. The zero-order valence-corrected chi connectivity index (χ0v) is 19.5. The van der Waals surface area contributed by atoms with Crippen molar-refractivity contribution in [3.8, 4) is 0 Å². The first kappa shape index (κ1) is 24.5. The minimum atomic E-state index is -0.560. The van der Waals surface area contributed by atoms with Crippen molar-refractivity contribution in [2.24, 2.45) is 5.92 Å². The Kier molecular flexibility index (Phi) is 9.07. The van der Waals surface area contributed by atoms with Gasteiger partial charge in [0.15, 0.2) is 0 Å². The number of carbonyl (C=O) groups excluding carboxylic acids is 3. The Labute approximate surface area is 199 Å². The average Bonchev–Trinajstić information content (AvgIpc) is 2.81. The first-order valence-corrected chi connectivity index (χ1v) is 11.5. The summed E-state index contributed by atoms with van der Waals surface area (Å²) in [6.45, 7) is 0.593. The topological polar surface area (TPSA) is 75.7 Å². The lowest BCUT2D eigenvalue weighted by Gasteiger charge is -2.28. The molecular weight excluding hydrogens is 440 g/mol. The molecule has 0 saturated heterocycles. The number of carbonyl (C=O) groups is 3. The lowest BCUT2D eigenvalue weighted by molar-refractivity contribution is -0.152. The molecule has 1 heterocycles. The summed E-state index contributed by atoms with van der Waals surface area (Å²) in [4.78, 5) is 39.7. The van der Waals surface area contributed by atoms with Crippen molar-refractivity contribution >= 4 is 29.4 Å². The number of halogens is 1. The molecule has 0 aliphatic carbocycles. The highest BCUT2D eigenvalue weighted by Gasteiger charge is 2.27. The molecule has 1 N–H and O–H groups in total. The fraction of sp³-hybridized carbons (Fsp3) is 0.346. The molecule has 1 aliphatic heterocycles. The van der Waals surface area contributed by atoms with Gasteiger partial charge in [0.05, 0.1) is 12.5 Å².